The molecule has 110 valence electrons. The molecule has 6 nitrogen and oxygen atoms in total. The van der Waals surface area contributed by atoms with Crippen LogP contribution in [-0.2, 0) is 4.79 Å². The Bertz CT molecular complexity index is 883. The number of carbonyl (C=O) groups is 2. The van der Waals surface area contributed by atoms with Crippen LogP contribution in [0.25, 0.3) is 22.3 Å². The maximum atomic E-state index is 11.7. The van der Waals surface area contributed by atoms with E-state index in [1.165, 1.54) is 13.8 Å². The number of Topliss-reactive ketones (excluding diaryl/α,β-unsaturated/α-hetero) is 1. The van der Waals surface area contributed by atoms with Crippen LogP contribution in [0.3, 0.4) is 0 Å². The number of aromatic nitrogens is 3. The zero-order valence-electron chi connectivity index (χ0n) is 12.2. The normalized spacial score (nSPS) is 10.6. The van der Waals surface area contributed by atoms with E-state index >= 15 is 0 Å². The Morgan fingerprint density at radius 2 is 1.86 bits per heavy atom. The number of hydrogen-bond donors (Lipinski definition) is 2. The molecule has 3 aromatic rings. The number of carbonyl (C=O) groups excluding carboxylic acids is 2. The first kappa shape index (κ1) is 13.9. The van der Waals surface area contributed by atoms with Crippen molar-refractivity contribution in [1.82, 2.24) is 15.0 Å². The number of nitrogens with zero attached hydrogens (tertiary/aromatic N) is 2. The topological polar surface area (TPSA) is 87.7 Å². The third-order valence-corrected chi connectivity index (χ3v) is 3.28. The van der Waals surface area contributed by atoms with Gasteiger partial charge in [0, 0.05) is 36.1 Å². The Balaban J connectivity index is 2.09. The van der Waals surface area contributed by atoms with Crippen LogP contribution in [0.4, 0.5) is 5.82 Å². The predicted molar refractivity (Wildman–Crippen MR) is 83.6 cm³/mol. The van der Waals surface area contributed by atoms with Gasteiger partial charge in [-0.05, 0) is 31.2 Å². The summed E-state index contributed by atoms with van der Waals surface area (Å²) >= 11 is 0. The molecule has 3 aromatic heterocycles. The lowest BCUT2D eigenvalue weighted by atomic mass is 10.1. The molecule has 0 spiro atoms. The maximum Gasteiger partial charge on any atom is 0.222 e. The molecule has 22 heavy (non-hydrogen) atoms. The van der Waals surface area contributed by atoms with Crippen molar-refractivity contribution in [2.75, 3.05) is 5.32 Å². The first-order chi connectivity index (χ1) is 10.5. The largest absolute Gasteiger partial charge is 0.353 e. The Morgan fingerprint density at radius 1 is 1.09 bits per heavy atom. The van der Waals surface area contributed by atoms with Crippen LogP contribution in [-0.4, -0.2) is 26.6 Å². The van der Waals surface area contributed by atoms with E-state index in [1.807, 2.05) is 12.1 Å². The number of fused-ring (bicyclic) bond motifs is 1. The van der Waals surface area contributed by atoms with Crippen molar-refractivity contribution in [3.05, 3.63) is 42.2 Å². The first-order valence-corrected chi connectivity index (χ1v) is 6.77. The minimum Gasteiger partial charge on any atom is -0.353 e. The van der Waals surface area contributed by atoms with Crippen molar-refractivity contribution >= 4 is 28.5 Å². The summed E-state index contributed by atoms with van der Waals surface area (Å²) in [5, 5.41) is 2.64. The molecule has 0 aliphatic heterocycles. The number of anilines is 1. The van der Waals surface area contributed by atoms with E-state index in [0.717, 1.165) is 16.8 Å². The smallest absolute Gasteiger partial charge is 0.222 e. The average Bonchev–Trinajstić information content (AvgIpc) is 2.90. The van der Waals surface area contributed by atoms with Crippen LogP contribution in [0.1, 0.15) is 24.2 Å². The maximum absolute atomic E-state index is 11.7. The molecule has 0 unspecified atom stereocenters. The van der Waals surface area contributed by atoms with Gasteiger partial charge in [0.15, 0.2) is 5.78 Å². The van der Waals surface area contributed by atoms with Gasteiger partial charge >= 0.3 is 0 Å². The molecule has 0 aliphatic rings. The molecule has 3 heterocycles. The number of amides is 1. The Hall–Kier alpha value is -3.02. The summed E-state index contributed by atoms with van der Waals surface area (Å²) < 4.78 is 0. The van der Waals surface area contributed by atoms with Gasteiger partial charge in [-0.1, -0.05) is 0 Å². The van der Waals surface area contributed by atoms with Gasteiger partial charge in [0.25, 0.3) is 0 Å². The summed E-state index contributed by atoms with van der Waals surface area (Å²) in [5.74, 6) is 0.277. The molecule has 3 rings (SSSR count). The van der Waals surface area contributed by atoms with Gasteiger partial charge in [0.2, 0.25) is 5.91 Å². The molecule has 0 atom stereocenters. The van der Waals surface area contributed by atoms with Crippen molar-refractivity contribution in [2.45, 2.75) is 13.8 Å². The second-order valence-corrected chi connectivity index (χ2v) is 4.97. The Morgan fingerprint density at radius 3 is 2.59 bits per heavy atom. The lowest BCUT2D eigenvalue weighted by Gasteiger charge is -2.03. The second kappa shape index (κ2) is 5.40. The molecule has 0 aliphatic carbocycles. The van der Waals surface area contributed by atoms with Crippen LogP contribution < -0.4 is 5.32 Å². The number of hydrogen-bond acceptors (Lipinski definition) is 4. The summed E-state index contributed by atoms with van der Waals surface area (Å²) in [7, 11) is 0. The predicted octanol–water partition coefficient (Wildman–Crippen LogP) is 2.79. The Labute approximate surface area is 126 Å². The number of H-pyrrole nitrogens is 1. The number of ketones is 1. The van der Waals surface area contributed by atoms with Gasteiger partial charge in [0.05, 0.1) is 11.0 Å². The molecule has 6 heteroatoms. The number of aromatic amines is 1. The number of pyridine rings is 2. The van der Waals surface area contributed by atoms with Gasteiger partial charge in [-0.15, -0.1) is 0 Å². The SMILES string of the molecule is CC(=O)Nc1cc(-c2cc3nccc(C(C)=O)c3[nH]2)ccn1. The summed E-state index contributed by atoms with van der Waals surface area (Å²) in [6, 6.07) is 7.15. The minimum absolute atomic E-state index is 0.0190. The van der Waals surface area contributed by atoms with Crippen LogP contribution in [0, 0.1) is 0 Å². The van der Waals surface area contributed by atoms with E-state index in [-0.39, 0.29) is 11.7 Å². The fourth-order valence-corrected chi connectivity index (χ4v) is 2.32. The highest BCUT2D eigenvalue weighted by molar-refractivity contribution is 6.05. The zero-order chi connectivity index (χ0) is 15.7. The number of rotatable bonds is 3. The van der Waals surface area contributed by atoms with Crippen molar-refractivity contribution in [1.29, 1.82) is 0 Å². The quantitative estimate of drug-likeness (QED) is 0.727. The summed E-state index contributed by atoms with van der Waals surface area (Å²) in [5.41, 5.74) is 3.70. The van der Waals surface area contributed by atoms with Gasteiger partial charge < -0.3 is 10.3 Å². The van der Waals surface area contributed by atoms with E-state index in [4.69, 9.17) is 0 Å². The average molecular weight is 294 g/mol. The highest BCUT2D eigenvalue weighted by atomic mass is 16.1. The van der Waals surface area contributed by atoms with Crippen molar-refractivity contribution in [2.24, 2.45) is 0 Å². The lowest BCUT2D eigenvalue weighted by molar-refractivity contribution is -0.114. The minimum atomic E-state index is -0.179. The molecule has 0 bridgehead atoms. The van der Waals surface area contributed by atoms with E-state index in [2.05, 4.69) is 20.3 Å². The molecule has 1 amide bonds. The fraction of sp³-hybridized carbons (Fsp3) is 0.125. The van der Waals surface area contributed by atoms with E-state index < -0.39 is 0 Å². The molecular weight excluding hydrogens is 280 g/mol. The summed E-state index contributed by atoms with van der Waals surface area (Å²) in [6.45, 7) is 2.96. The van der Waals surface area contributed by atoms with Gasteiger partial charge in [-0.25, -0.2) is 4.98 Å². The summed E-state index contributed by atoms with van der Waals surface area (Å²) in [4.78, 5) is 34.4. The molecule has 0 fully saturated rings. The van der Waals surface area contributed by atoms with Crippen LogP contribution in [0.2, 0.25) is 0 Å². The highest BCUT2D eigenvalue weighted by Crippen LogP contribution is 2.26. The monoisotopic (exact) mass is 294 g/mol. The molecule has 2 N–H and O–H groups in total. The van der Waals surface area contributed by atoms with Gasteiger partial charge in [-0.3, -0.25) is 14.6 Å². The van der Waals surface area contributed by atoms with Crippen LogP contribution in [0.5, 0.6) is 0 Å². The zero-order valence-corrected chi connectivity index (χ0v) is 12.2. The van der Waals surface area contributed by atoms with Crippen LogP contribution >= 0.6 is 0 Å². The molecule has 0 saturated heterocycles. The standard InChI is InChI=1S/C16H14N4O2/c1-9(21)12-4-6-17-14-8-13(20-16(12)14)11-3-5-18-15(7-11)19-10(2)22/h3-8,20H,1-2H3,(H,18,19,22). The van der Waals surface area contributed by atoms with Crippen molar-refractivity contribution in [3.8, 4) is 11.3 Å². The van der Waals surface area contributed by atoms with E-state index in [1.54, 1.807) is 24.5 Å². The van der Waals surface area contributed by atoms with Crippen molar-refractivity contribution < 1.29 is 9.59 Å². The molecule has 0 aromatic carbocycles. The third kappa shape index (κ3) is 2.58. The first-order valence-electron chi connectivity index (χ1n) is 6.77. The van der Waals surface area contributed by atoms with Crippen LogP contribution in [0.15, 0.2) is 36.7 Å². The molecule has 0 radical (unpaired) electrons. The summed E-state index contributed by atoms with van der Waals surface area (Å²) in [6.07, 6.45) is 3.23. The van der Waals surface area contributed by atoms with Gasteiger partial charge in [0.1, 0.15) is 5.82 Å². The lowest BCUT2D eigenvalue weighted by Crippen LogP contribution is -2.07. The third-order valence-electron chi connectivity index (χ3n) is 3.28. The fourth-order valence-electron chi connectivity index (χ4n) is 2.32. The molecular formula is C16H14N4O2. The van der Waals surface area contributed by atoms with E-state index in [9.17, 15) is 9.59 Å². The van der Waals surface area contributed by atoms with Gasteiger partial charge in [-0.2, -0.15) is 0 Å². The van der Waals surface area contributed by atoms with Crippen molar-refractivity contribution in [3.63, 3.8) is 0 Å². The second-order valence-electron chi connectivity index (χ2n) is 4.97. The highest BCUT2D eigenvalue weighted by Gasteiger charge is 2.11. The Kier molecular flexibility index (Phi) is 3.42. The number of nitrogens with one attached hydrogen (secondary N) is 2. The van der Waals surface area contributed by atoms with E-state index in [0.29, 0.717) is 16.9 Å². The molecule has 0 saturated carbocycles.